The number of aliphatic hydroxyl groups excluding tert-OH is 1. The van der Waals surface area contributed by atoms with Crippen LogP contribution in [0.2, 0.25) is 5.02 Å². The maximum absolute atomic E-state index is 9.77. The molecule has 1 atom stereocenters. The zero-order valence-corrected chi connectivity index (χ0v) is 13.5. The summed E-state index contributed by atoms with van der Waals surface area (Å²) < 4.78 is 2.01. The van der Waals surface area contributed by atoms with Crippen molar-refractivity contribution in [3.05, 3.63) is 47.4 Å². The molecule has 0 spiro atoms. The predicted octanol–water partition coefficient (Wildman–Crippen LogP) is 2.93. The third kappa shape index (κ3) is 2.46. The molecule has 0 saturated carbocycles. The van der Waals surface area contributed by atoms with Gasteiger partial charge < -0.3 is 10.0 Å². The molecule has 23 heavy (non-hydrogen) atoms. The quantitative estimate of drug-likeness (QED) is 0.786. The fraction of sp³-hybridized carbons (Fsp3) is 0.294. The molecule has 1 aliphatic rings. The number of aromatic nitrogens is 3. The van der Waals surface area contributed by atoms with E-state index < -0.39 is 0 Å². The van der Waals surface area contributed by atoms with Gasteiger partial charge in [-0.3, -0.25) is 4.40 Å². The van der Waals surface area contributed by atoms with Crippen molar-refractivity contribution in [2.45, 2.75) is 19.4 Å². The van der Waals surface area contributed by atoms with Gasteiger partial charge in [0, 0.05) is 36.1 Å². The van der Waals surface area contributed by atoms with Crippen molar-refractivity contribution in [3.8, 4) is 11.3 Å². The Labute approximate surface area is 139 Å². The van der Waals surface area contributed by atoms with Crippen LogP contribution in [-0.4, -0.2) is 38.7 Å². The van der Waals surface area contributed by atoms with Crippen molar-refractivity contribution < 1.29 is 5.11 Å². The first-order valence-electron chi connectivity index (χ1n) is 7.65. The first-order chi connectivity index (χ1) is 11.1. The van der Waals surface area contributed by atoms with Gasteiger partial charge in [-0.2, -0.15) is 0 Å². The number of hydrogen-bond donors (Lipinski definition) is 1. The minimum Gasteiger partial charge on any atom is -0.391 e. The summed E-state index contributed by atoms with van der Waals surface area (Å²) >= 11 is 6.37. The average molecular weight is 329 g/mol. The molecule has 1 unspecified atom stereocenters. The third-order valence-electron chi connectivity index (χ3n) is 4.27. The molecule has 1 saturated heterocycles. The van der Waals surface area contributed by atoms with E-state index >= 15 is 0 Å². The standard InChI is InChI=1S/C17H17ClN4O/c1-11-2-3-14(18)13(8-11)15-9-20-17-16(19-5-7-22(15)17)21-6-4-12(23)10-21/h2-3,5,7-9,12,23H,4,6,10H2,1H3. The maximum atomic E-state index is 9.77. The summed E-state index contributed by atoms with van der Waals surface area (Å²) in [5, 5.41) is 10.5. The molecular weight excluding hydrogens is 312 g/mol. The van der Waals surface area contributed by atoms with Crippen LogP contribution in [0.3, 0.4) is 0 Å². The van der Waals surface area contributed by atoms with E-state index in [0.717, 1.165) is 41.3 Å². The van der Waals surface area contributed by atoms with Gasteiger partial charge in [0.05, 0.1) is 18.0 Å². The van der Waals surface area contributed by atoms with Crippen LogP contribution in [-0.2, 0) is 0 Å². The number of aryl methyl sites for hydroxylation is 1. The van der Waals surface area contributed by atoms with E-state index in [4.69, 9.17) is 11.6 Å². The van der Waals surface area contributed by atoms with Crippen LogP contribution >= 0.6 is 11.6 Å². The Bertz CT molecular complexity index is 876. The predicted molar refractivity (Wildman–Crippen MR) is 91.0 cm³/mol. The zero-order chi connectivity index (χ0) is 16.0. The lowest BCUT2D eigenvalue weighted by molar-refractivity contribution is 0.198. The minimum absolute atomic E-state index is 0.294. The van der Waals surface area contributed by atoms with Gasteiger partial charge in [-0.1, -0.05) is 23.2 Å². The monoisotopic (exact) mass is 328 g/mol. The summed E-state index contributed by atoms with van der Waals surface area (Å²) in [5.74, 6) is 0.805. The largest absolute Gasteiger partial charge is 0.391 e. The van der Waals surface area contributed by atoms with E-state index in [9.17, 15) is 5.11 Å². The van der Waals surface area contributed by atoms with E-state index in [-0.39, 0.29) is 6.10 Å². The van der Waals surface area contributed by atoms with Gasteiger partial charge in [-0.05, 0) is 25.5 Å². The number of rotatable bonds is 2. The van der Waals surface area contributed by atoms with Gasteiger partial charge in [0.2, 0.25) is 0 Å². The third-order valence-corrected chi connectivity index (χ3v) is 4.60. The summed E-state index contributed by atoms with van der Waals surface area (Å²) in [6, 6.07) is 5.96. The van der Waals surface area contributed by atoms with Crippen LogP contribution in [0.1, 0.15) is 12.0 Å². The van der Waals surface area contributed by atoms with Gasteiger partial charge in [0.1, 0.15) is 0 Å². The molecule has 4 rings (SSSR count). The molecule has 3 aromatic rings. The molecule has 6 heteroatoms. The Morgan fingerprint density at radius 3 is 2.96 bits per heavy atom. The topological polar surface area (TPSA) is 53.7 Å². The van der Waals surface area contributed by atoms with E-state index in [2.05, 4.69) is 20.9 Å². The lowest BCUT2D eigenvalue weighted by Gasteiger charge is -2.17. The molecule has 1 N–H and O–H groups in total. The lowest BCUT2D eigenvalue weighted by Crippen LogP contribution is -2.23. The van der Waals surface area contributed by atoms with Gasteiger partial charge in [-0.25, -0.2) is 9.97 Å². The summed E-state index contributed by atoms with van der Waals surface area (Å²) in [7, 11) is 0. The highest BCUT2D eigenvalue weighted by atomic mass is 35.5. The fourth-order valence-corrected chi connectivity index (χ4v) is 3.31. The molecule has 2 aromatic heterocycles. The zero-order valence-electron chi connectivity index (χ0n) is 12.8. The average Bonchev–Trinajstić information content (AvgIpc) is 3.16. The summed E-state index contributed by atoms with van der Waals surface area (Å²) in [5.41, 5.74) is 3.83. The first kappa shape index (κ1) is 14.5. The number of imidazole rings is 1. The molecule has 0 amide bonds. The molecule has 118 valence electrons. The van der Waals surface area contributed by atoms with Gasteiger partial charge >= 0.3 is 0 Å². The van der Waals surface area contributed by atoms with Crippen molar-refractivity contribution in [1.82, 2.24) is 14.4 Å². The Balaban J connectivity index is 1.86. The fourth-order valence-electron chi connectivity index (χ4n) is 3.10. The van der Waals surface area contributed by atoms with Gasteiger partial charge in [0.25, 0.3) is 0 Å². The van der Waals surface area contributed by atoms with Crippen molar-refractivity contribution in [2.75, 3.05) is 18.0 Å². The molecule has 5 nitrogen and oxygen atoms in total. The molecule has 0 radical (unpaired) electrons. The Kier molecular flexibility index (Phi) is 3.47. The normalized spacial score (nSPS) is 18.0. The molecule has 0 bridgehead atoms. The smallest absolute Gasteiger partial charge is 0.180 e. The lowest BCUT2D eigenvalue weighted by atomic mass is 10.1. The highest BCUT2D eigenvalue weighted by molar-refractivity contribution is 6.33. The van der Waals surface area contributed by atoms with Crippen molar-refractivity contribution >= 4 is 23.1 Å². The number of halogens is 1. The van der Waals surface area contributed by atoms with Gasteiger partial charge in [0.15, 0.2) is 11.5 Å². The molecule has 1 aliphatic heterocycles. The van der Waals surface area contributed by atoms with Crippen molar-refractivity contribution in [2.24, 2.45) is 0 Å². The number of nitrogens with zero attached hydrogens (tertiary/aromatic N) is 4. The SMILES string of the molecule is Cc1ccc(Cl)c(-c2cnc3c(N4CCC(O)C4)nccn23)c1. The van der Waals surface area contributed by atoms with E-state index in [0.29, 0.717) is 11.6 Å². The van der Waals surface area contributed by atoms with E-state index in [1.54, 1.807) is 6.20 Å². The van der Waals surface area contributed by atoms with Gasteiger partial charge in [-0.15, -0.1) is 0 Å². The maximum Gasteiger partial charge on any atom is 0.180 e. The number of β-amino-alcohol motifs (C(OH)–C–C–N with tert-alkyl or cyclic N) is 1. The van der Waals surface area contributed by atoms with E-state index in [1.807, 2.05) is 35.9 Å². The number of aliphatic hydroxyl groups is 1. The number of anilines is 1. The molecular formula is C17H17ClN4O. The second-order valence-corrected chi connectivity index (χ2v) is 6.37. The van der Waals surface area contributed by atoms with Crippen molar-refractivity contribution in [3.63, 3.8) is 0 Å². The number of hydrogen-bond acceptors (Lipinski definition) is 4. The summed E-state index contributed by atoms with van der Waals surface area (Å²) in [6.45, 7) is 3.43. The number of fused-ring (bicyclic) bond motifs is 1. The van der Waals surface area contributed by atoms with Crippen LogP contribution < -0.4 is 4.90 Å². The van der Waals surface area contributed by atoms with Crippen LogP contribution in [0.25, 0.3) is 16.9 Å². The molecule has 0 aliphatic carbocycles. The minimum atomic E-state index is -0.294. The molecule has 3 heterocycles. The Morgan fingerprint density at radius 1 is 1.30 bits per heavy atom. The number of benzene rings is 1. The second-order valence-electron chi connectivity index (χ2n) is 5.96. The van der Waals surface area contributed by atoms with Crippen LogP contribution in [0.5, 0.6) is 0 Å². The molecule has 1 aromatic carbocycles. The summed E-state index contributed by atoms with van der Waals surface area (Å²) in [4.78, 5) is 11.1. The van der Waals surface area contributed by atoms with Crippen molar-refractivity contribution in [1.29, 1.82) is 0 Å². The van der Waals surface area contributed by atoms with E-state index in [1.165, 1.54) is 0 Å². The Hall–Kier alpha value is -2.11. The highest BCUT2D eigenvalue weighted by Crippen LogP contribution is 2.31. The molecule has 1 fully saturated rings. The van der Waals surface area contributed by atoms with Crippen LogP contribution in [0.15, 0.2) is 36.8 Å². The summed E-state index contributed by atoms with van der Waals surface area (Å²) in [6.07, 6.45) is 5.96. The first-order valence-corrected chi connectivity index (χ1v) is 8.03. The second kappa shape index (κ2) is 5.51. The van der Waals surface area contributed by atoms with Crippen LogP contribution in [0.4, 0.5) is 5.82 Å². The highest BCUT2D eigenvalue weighted by Gasteiger charge is 2.24. The van der Waals surface area contributed by atoms with Crippen LogP contribution in [0, 0.1) is 6.92 Å². The Morgan fingerprint density at radius 2 is 2.17 bits per heavy atom.